The molecule has 0 atom stereocenters. The van der Waals surface area contributed by atoms with Gasteiger partial charge in [-0.3, -0.25) is 9.59 Å². The Morgan fingerprint density at radius 2 is 1.94 bits per heavy atom. The number of rotatable bonds is 5. The summed E-state index contributed by atoms with van der Waals surface area (Å²) >= 11 is 0. The molecular weight excluding hydrogens is 425 g/mol. The number of carbonyl (C=O) groups is 2. The van der Waals surface area contributed by atoms with Gasteiger partial charge in [-0.2, -0.15) is 13.2 Å². The van der Waals surface area contributed by atoms with Gasteiger partial charge in [-0.25, -0.2) is 9.97 Å². The first-order valence-corrected chi connectivity index (χ1v) is 9.46. The molecule has 0 saturated heterocycles. The molecular formula is C21H17F3N6O2. The topological polar surface area (TPSA) is 108 Å². The second kappa shape index (κ2) is 8.17. The van der Waals surface area contributed by atoms with E-state index in [0.717, 1.165) is 5.56 Å². The molecule has 2 aromatic heterocycles. The van der Waals surface area contributed by atoms with Crippen LogP contribution in [0.4, 0.5) is 41.9 Å². The fourth-order valence-corrected chi connectivity index (χ4v) is 3.26. The molecule has 0 spiro atoms. The number of carbonyl (C=O) groups excluding carboxylic acids is 2. The minimum Gasteiger partial charge on any atom is -0.355 e. The Morgan fingerprint density at radius 1 is 1.12 bits per heavy atom. The van der Waals surface area contributed by atoms with Crippen LogP contribution in [-0.4, -0.2) is 28.8 Å². The number of hydrogen-bond donors (Lipinski definition) is 4. The van der Waals surface area contributed by atoms with Gasteiger partial charge >= 0.3 is 6.18 Å². The van der Waals surface area contributed by atoms with Crippen molar-refractivity contribution in [2.75, 3.05) is 23.0 Å². The van der Waals surface area contributed by atoms with Crippen molar-refractivity contribution in [1.82, 2.24) is 15.3 Å². The van der Waals surface area contributed by atoms with Crippen LogP contribution in [-0.2, 0) is 17.4 Å². The summed E-state index contributed by atoms with van der Waals surface area (Å²) in [5, 5.41) is 10.7. The van der Waals surface area contributed by atoms with Gasteiger partial charge in [0.2, 0.25) is 5.91 Å². The van der Waals surface area contributed by atoms with Gasteiger partial charge in [-0.1, -0.05) is 0 Å². The molecule has 0 radical (unpaired) electrons. The summed E-state index contributed by atoms with van der Waals surface area (Å²) in [4.78, 5) is 31.5. The number of alkyl halides is 3. The summed E-state index contributed by atoms with van der Waals surface area (Å²) in [5.41, 5.74) is 0.777. The number of halogens is 3. The van der Waals surface area contributed by atoms with Gasteiger partial charge in [0.15, 0.2) is 0 Å². The fourth-order valence-electron chi connectivity index (χ4n) is 3.26. The number of fused-ring (bicyclic) bond motifs is 1. The molecule has 1 aliphatic rings. The van der Waals surface area contributed by atoms with E-state index in [-0.39, 0.29) is 35.2 Å². The molecule has 164 valence electrons. The Hall–Kier alpha value is -4.15. The lowest BCUT2D eigenvalue weighted by Gasteiger charge is -2.17. The molecule has 0 aliphatic carbocycles. The van der Waals surface area contributed by atoms with E-state index in [1.807, 2.05) is 0 Å². The zero-order valence-corrected chi connectivity index (χ0v) is 16.7. The summed E-state index contributed by atoms with van der Waals surface area (Å²) < 4.78 is 40.7. The maximum Gasteiger partial charge on any atom is 0.419 e. The minimum atomic E-state index is -4.69. The molecule has 3 heterocycles. The average molecular weight is 442 g/mol. The first kappa shape index (κ1) is 21.1. The Balaban J connectivity index is 1.68. The van der Waals surface area contributed by atoms with E-state index in [4.69, 9.17) is 0 Å². The van der Waals surface area contributed by atoms with Gasteiger partial charge in [0.25, 0.3) is 5.91 Å². The normalized spacial score (nSPS) is 12.7. The van der Waals surface area contributed by atoms with Crippen LogP contribution < -0.4 is 21.3 Å². The largest absolute Gasteiger partial charge is 0.419 e. The van der Waals surface area contributed by atoms with Gasteiger partial charge in [0.05, 0.1) is 23.2 Å². The third kappa shape index (κ3) is 4.31. The first-order valence-electron chi connectivity index (χ1n) is 9.46. The van der Waals surface area contributed by atoms with E-state index in [2.05, 4.69) is 31.2 Å². The number of pyridine rings is 2. The Bertz CT molecular complexity index is 1210. The molecule has 0 bridgehead atoms. The zero-order chi connectivity index (χ0) is 22.9. The lowest BCUT2D eigenvalue weighted by atomic mass is 10.1. The lowest BCUT2D eigenvalue weighted by Crippen LogP contribution is -2.20. The summed E-state index contributed by atoms with van der Waals surface area (Å²) in [5.74, 6) is -0.520. The fraction of sp³-hybridized carbons (Fsp3) is 0.143. The molecule has 3 aromatic rings. The highest BCUT2D eigenvalue weighted by Crippen LogP contribution is 2.37. The Labute approximate surface area is 180 Å². The average Bonchev–Trinajstić information content (AvgIpc) is 3.12. The standard InChI is InChI=1S/C21H17F3N6O2/c1-25-20(32)13-3-2-6-26-19(13)30-16-9-17(27-10-14(16)21(22,23)24)28-12-4-5-15-11(7-12)8-18(31)29-15/h2-7,9-10H,8H2,1H3,(H,25,32)(H,29,31)(H2,26,27,28,30). The zero-order valence-electron chi connectivity index (χ0n) is 16.7. The molecule has 32 heavy (non-hydrogen) atoms. The van der Waals surface area contributed by atoms with E-state index >= 15 is 0 Å². The SMILES string of the molecule is CNC(=O)c1cccnc1Nc1cc(Nc2ccc3c(c2)CC(=O)N3)ncc1C(F)(F)F. The third-order valence-electron chi connectivity index (χ3n) is 4.74. The van der Waals surface area contributed by atoms with E-state index in [0.29, 0.717) is 17.6 Å². The quantitative estimate of drug-likeness (QED) is 0.478. The maximum atomic E-state index is 13.6. The van der Waals surface area contributed by atoms with Crippen LogP contribution in [0.1, 0.15) is 21.5 Å². The minimum absolute atomic E-state index is 0.0309. The van der Waals surface area contributed by atoms with E-state index < -0.39 is 17.6 Å². The number of aromatic nitrogens is 2. The van der Waals surface area contributed by atoms with Gasteiger partial charge < -0.3 is 21.3 Å². The molecule has 0 unspecified atom stereocenters. The Kier molecular flexibility index (Phi) is 5.39. The third-order valence-corrected chi connectivity index (χ3v) is 4.74. The van der Waals surface area contributed by atoms with Crippen LogP contribution in [0.5, 0.6) is 0 Å². The molecule has 0 saturated carbocycles. The van der Waals surface area contributed by atoms with Crippen LogP contribution in [0.15, 0.2) is 48.8 Å². The highest BCUT2D eigenvalue weighted by Gasteiger charge is 2.34. The number of nitrogens with one attached hydrogen (secondary N) is 4. The molecule has 4 N–H and O–H groups in total. The molecule has 1 aromatic carbocycles. The summed E-state index contributed by atoms with van der Waals surface area (Å²) in [6, 6.07) is 9.24. The van der Waals surface area contributed by atoms with Crippen LogP contribution >= 0.6 is 0 Å². The number of hydrogen-bond acceptors (Lipinski definition) is 6. The summed E-state index contributed by atoms with van der Waals surface area (Å²) in [7, 11) is 1.41. The first-order chi connectivity index (χ1) is 15.2. The van der Waals surface area contributed by atoms with Crippen LogP contribution in [0, 0.1) is 0 Å². The number of nitrogens with zero attached hydrogens (tertiary/aromatic N) is 2. The molecule has 8 nitrogen and oxygen atoms in total. The highest BCUT2D eigenvalue weighted by atomic mass is 19.4. The molecule has 11 heteroatoms. The highest BCUT2D eigenvalue weighted by molar-refractivity contribution is 6.00. The summed E-state index contributed by atoms with van der Waals surface area (Å²) in [6.07, 6.45) is -2.40. The van der Waals surface area contributed by atoms with Crippen molar-refractivity contribution in [3.63, 3.8) is 0 Å². The van der Waals surface area contributed by atoms with Crippen molar-refractivity contribution in [2.24, 2.45) is 0 Å². The summed E-state index contributed by atoms with van der Waals surface area (Å²) in [6.45, 7) is 0. The van der Waals surface area contributed by atoms with E-state index in [1.54, 1.807) is 18.2 Å². The number of benzene rings is 1. The predicted molar refractivity (Wildman–Crippen MR) is 112 cm³/mol. The van der Waals surface area contributed by atoms with Crippen LogP contribution in [0.3, 0.4) is 0 Å². The van der Waals surface area contributed by atoms with Crippen LogP contribution in [0.2, 0.25) is 0 Å². The molecule has 1 aliphatic heterocycles. The van der Waals surface area contributed by atoms with E-state index in [9.17, 15) is 22.8 Å². The number of amides is 2. The van der Waals surface area contributed by atoms with Crippen LogP contribution in [0.25, 0.3) is 0 Å². The van der Waals surface area contributed by atoms with Gasteiger partial charge in [0.1, 0.15) is 11.6 Å². The smallest absolute Gasteiger partial charge is 0.355 e. The van der Waals surface area contributed by atoms with Crippen molar-refractivity contribution in [3.8, 4) is 0 Å². The predicted octanol–water partition coefficient (Wildman–Crippen LogP) is 3.84. The molecule has 4 rings (SSSR count). The Morgan fingerprint density at radius 3 is 2.69 bits per heavy atom. The van der Waals surface area contributed by atoms with Crippen molar-refractivity contribution >= 4 is 40.5 Å². The maximum absolute atomic E-state index is 13.6. The van der Waals surface area contributed by atoms with Gasteiger partial charge in [-0.05, 0) is 35.9 Å². The lowest BCUT2D eigenvalue weighted by molar-refractivity contribution is -0.137. The van der Waals surface area contributed by atoms with Crippen molar-refractivity contribution < 1.29 is 22.8 Å². The number of anilines is 5. The van der Waals surface area contributed by atoms with Gasteiger partial charge in [0, 0.05) is 36.9 Å². The van der Waals surface area contributed by atoms with Gasteiger partial charge in [-0.15, -0.1) is 0 Å². The second-order valence-electron chi connectivity index (χ2n) is 6.94. The monoisotopic (exact) mass is 442 g/mol. The van der Waals surface area contributed by atoms with Crippen molar-refractivity contribution in [3.05, 3.63) is 65.5 Å². The molecule has 2 amide bonds. The van der Waals surface area contributed by atoms with Crippen molar-refractivity contribution in [1.29, 1.82) is 0 Å². The second-order valence-corrected chi connectivity index (χ2v) is 6.94. The molecule has 0 fully saturated rings. The van der Waals surface area contributed by atoms with E-state index in [1.165, 1.54) is 31.4 Å². The van der Waals surface area contributed by atoms with Crippen molar-refractivity contribution in [2.45, 2.75) is 12.6 Å².